The summed E-state index contributed by atoms with van der Waals surface area (Å²) >= 11 is 6.08. The molecule has 6 atom stereocenters. The molecule has 4 N–H and O–H groups in total. The van der Waals surface area contributed by atoms with Crippen LogP contribution in [0.1, 0.15) is 18.4 Å². The Morgan fingerprint density at radius 2 is 2.12 bits per heavy atom. The van der Waals surface area contributed by atoms with Crippen molar-refractivity contribution >= 4 is 17.6 Å². The van der Waals surface area contributed by atoms with E-state index < -0.39 is 47.8 Å². The Balaban J connectivity index is 2.01. The van der Waals surface area contributed by atoms with E-state index in [2.05, 4.69) is 0 Å². The third-order valence-corrected chi connectivity index (χ3v) is 5.82. The SMILES string of the molecule is COC(=O)[C@@H]1C[C@@]2(O)[C@@H](O)[C@@H](O)[C@H](O)C[C@H]2N1Cc1c(F)cccc1Cl. The van der Waals surface area contributed by atoms with Crippen LogP contribution in [0.3, 0.4) is 0 Å². The van der Waals surface area contributed by atoms with Gasteiger partial charge >= 0.3 is 5.97 Å². The number of halogens is 2. The molecule has 1 heterocycles. The van der Waals surface area contributed by atoms with E-state index in [4.69, 9.17) is 16.3 Å². The Kier molecular flexibility index (Phi) is 5.26. The molecule has 1 saturated heterocycles. The second-order valence-corrected chi connectivity index (χ2v) is 7.27. The molecule has 1 aromatic rings. The predicted octanol–water partition coefficient (Wildman–Crippen LogP) is -0.188. The van der Waals surface area contributed by atoms with Gasteiger partial charge in [-0.3, -0.25) is 9.69 Å². The zero-order valence-electron chi connectivity index (χ0n) is 14.0. The Morgan fingerprint density at radius 1 is 1.42 bits per heavy atom. The maximum atomic E-state index is 14.2. The molecule has 7 nitrogen and oxygen atoms in total. The normalized spacial score (nSPS) is 37.4. The molecule has 2 fully saturated rings. The van der Waals surface area contributed by atoms with Gasteiger partial charge in [0.25, 0.3) is 0 Å². The summed E-state index contributed by atoms with van der Waals surface area (Å²) in [6.45, 7) is -0.131. The molecule has 1 aliphatic heterocycles. The molecule has 1 aromatic carbocycles. The number of ether oxygens (including phenoxy) is 1. The quantitative estimate of drug-likeness (QED) is 0.530. The van der Waals surface area contributed by atoms with Crippen molar-refractivity contribution in [2.45, 2.75) is 55.4 Å². The fourth-order valence-corrected chi connectivity index (χ4v) is 4.26. The van der Waals surface area contributed by atoms with Crippen LogP contribution in [0.25, 0.3) is 0 Å². The number of hydrogen-bond donors (Lipinski definition) is 4. The Hall–Kier alpha value is -1.29. The number of hydrogen-bond acceptors (Lipinski definition) is 7. The summed E-state index contributed by atoms with van der Waals surface area (Å²) in [5.41, 5.74) is -1.72. The third-order valence-electron chi connectivity index (χ3n) is 5.47. The van der Waals surface area contributed by atoms with Crippen molar-refractivity contribution in [2.75, 3.05) is 7.11 Å². The predicted molar refractivity (Wildman–Crippen MR) is 88.7 cm³/mol. The van der Waals surface area contributed by atoms with Crippen LogP contribution in [0.4, 0.5) is 4.39 Å². The highest BCUT2D eigenvalue weighted by molar-refractivity contribution is 6.31. The molecule has 0 amide bonds. The zero-order chi connectivity index (χ0) is 19.2. The van der Waals surface area contributed by atoms with Crippen molar-refractivity contribution in [3.8, 4) is 0 Å². The molecule has 0 spiro atoms. The molecule has 2 aliphatic rings. The smallest absolute Gasteiger partial charge is 0.323 e. The number of esters is 1. The van der Waals surface area contributed by atoms with Crippen LogP contribution in [0.2, 0.25) is 5.02 Å². The lowest BCUT2D eigenvalue weighted by Gasteiger charge is -2.45. The van der Waals surface area contributed by atoms with Crippen molar-refractivity contribution < 1.29 is 34.3 Å². The van der Waals surface area contributed by atoms with Gasteiger partial charge in [0.15, 0.2) is 0 Å². The molecule has 1 aliphatic carbocycles. The lowest BCUT2D eigenvalue weighted by molar-refractivity contribution is -0.197. The highest BCUT2D eigenvalue weighted by Crippen LogP contribution is 2.45. The average molecular weight is 390 g/mol. The van der Waals surface area contributed by atoms with Crippen molar-refractivity contribution in [2.24, 2.45) is 0 Å². The third kappa shape index (κ3) is 3.00. The van der Waals surface area contributed by atoms with Crippen LogP contribution in [-0.2, 0) is 16.1 Å². The summed E-state index contributed by atoms with van der Waals surface area (Å²) in [7, 11) is 1.18. The summed E-state index contributed by atoms with van der Waals surface area (Å²) in [4.78, 5) is 13.7. The van der Waals surface area contributed by atoms with Gasteiger partial charge in [-0.2, -0.15) is 0 Å². The lowest BCUT2D eigenvalue weighted by Crippen LogP contribution is -2.64. The fraction of sp³-hybridized carbons (Fsp3) is 0.588. The average Bonchev–Trinajstić information content (AvgIpc) is 2.89. The van der Waals surface area contributed by atoms with Crippen molar-refractivity contribution in [3.05, 3.63) is 34.6 Å². The molecule has 0 aromatic heterocycles. The first-order valence-electron chi connectivity index (χ1n) is 8.23. The number of methoxy groups -OCH3 is 1. The monoisotopic (exact) mass is 389 g/mol. The van der Waals surface area contributed by atoms with Gasteiger partial charge in [-0.1, -0.05) is 17.7 Å². The van der Waals surface area contributed by atoms with Crippen molar-refractivity contribution in [1.82, 2.24) is 4.90 Å². The maximum Gasteiger partial charge on any atom is 0.323 e. The van der Waals surface area contributed by atoms with Gasteiger partial charge in [0, 0.05) is 29.6 Å². The standard InChI is InChI=1S/C17H21ClFNO6/c1-26-16(24)11-6-17(25)13(5-12(21)14(22)15(17)23)20(11)7-8-9(18)3-2-4-10(8)19/h2-4,11-15,21-23,25H,5-7H2,1H3/t11-,12+,13+,14-,15-,17-/m0/s1. The summed E-state index contributed by atoms with van der Waals surface area (Å²) < 4.78 is 19.0. The number of fused-ring (bicyclic) bond motifs is 1. The summed E-state index contributed by atoms with van der Waals surface area (Å²) in [5.74, 6) is -1.25. The number of carbonyl (C=O) groups excluding carboxylic acids is 1. The number of aliphatic hydroxyl groups is 4. The van der Waals surface area contributed by atoms with E-state index in [1.165, 1.54) is 30.2 Å². The molecular formula is C17H21ClFNO6. The van der Waals surface area contributed by atoms with Gasteiger partial charge in [0.2, 0.25) is 0 Å². The van der Waals surface area contributed by atoms with Crippen molar-refractivity contribution in [1.29, 1.82) is 0 Å². The van der Waals surface area contributed by atoms with Gasteiger partial charge in [0.1, 0.15) is 29.7 Å². The van der Waals surface area contributed by atoms with Gasteiger partial charge in [0.05, 0.1) is 13.2 Å². The van der Waals surface area contributed by atoms with E-state index >= 15 is 0 Å². The van der Waals surface area contributed by atoms with Crippen LogP contribution in [0, 0.1) is 5.82 Å². The van der Waals surface area contributed by atoms with Crippen LogP contribution in [0.15, 0.2) is 18.2 Å². The second kappa shape index (κ2) is 7.03. The highest BCUT2D eigenvalue weighted by Gasteiger charge is 2.62. The first-order chi connectivity index (χ1) is 12.2. The summed E-state index contributed by atoms with van der Waals surface area (Å²) in [5, 5.41) is 41.4. The molecule has 1 saturated carbocycles. The molecule has 0 bridgehead atoms. The number of likely N-dealkylation sites (tertiary alicyclic amines) is 1. The Morgan fingerprint density at radius 3 is 2.73 bits per heavy atom. The Bertz CT molecular complexity index is 686. The minimum absolute atomic E-state index is 0.103. The molecule has 0 radical (unpaired) electrons. The topological polar surface area (TPSA) is 110 Å². The van der Waals surface area contributed by atoms with Crippen LogP contribution >= 0.6 is 11.6 Å². The molecule has 9 heteroatoms. The zero-order valence-corrected chi connectivity index (χ0v) is 14.8. The molecule has 0 unspecified atom stereocenters. The van der Waals surface area contributed by atoms with Gasteiger partial charge in [-0.25, -0.2) is 4.39 Å². The first-order valence-corrected chi connectivity index (χ1v) is 8.61. The van der Waals surface area contributed by atoms with E-state index in [0.29, 0.717) is 0 Å². The van der Waals surface area contributed by atoms with E-state index in [9.17, 15) is 29.6 Å². The van der Waals surface area contributed by atoms with E-state index in [-0.39, 0.29) is 30.0 Å². The van der Waals surface area contributed by atoms with Gasteiger partial charge in [-0.15, -0.1) is 0 Å². The van der Waals surface area contributed by atoms with E-state index in [0.717, 1.165) is 0 Å². The lowest BCUT2D eigenvalue weighted by atomic mass is 9.75. The number of nitrogens with zero attached hydrogens (tertiary/aromatic N) is 1. The molecule has 144 valence electrons. The minimum atomic E-state index is -1.85. The van der Waals surface area contributed by atoms with Gasteiger partial charge < -0.3 is 25.2 Å². The summed E-state index contributed by atoms with van der Waals surface area (Å²) in [6.07, 6.45) is -4.84. The van der Waals surface area contributed by atoms with Crippen LogP contribution in [-0.4, -0.2) is 74.4 Å². The number of aliphatic hydroxyl groups excluding tert-OH is 3. The first kappa shape index (κ1) is 19.5. The highest BCUT2D eigenvalue weighted by atomic mass is 35.5. The van der Waals surface area contributed by atoms with Crippen LogP contribution in [0.5, 0.6) is 0 Å². The van der Waals surface area contributed by atoms with E-state index in [1.54, 1.807) is 0 Å². The maximum absolute atomic E-state index is 14.2. The van der Waals surface area contributed by atoms with E-state index in [1.807, 2.05) is 0 Å². The van der Waals surface area contributed by atoms with Crippen LogP contribution < -0.4 is 0 Å². The second-order valence-electron chi connectivity index (χ2n) is 6.86. The summed E-state index contributed by atoms with van der Waals surface area (Å²) in [6, 6.07) is 2.30. The van der Waals surface area contributed by atoms with Gasteiger partial charge in [-0.05, 0) is 18.6 Å². The molecule has 3 rings (SSSR count). The fourth-order valence-electron chi connectivity index (χ4n) is 4.04. The minimum Gasteiger partial charge on any atom is -0.468 e. The number of benzene rings is 1. The van der Waals surface area contributed by atoms with Crippen molar-refractivity contribution in [3.63, 3.8) is 0 Å². The largest absolute Gasteiger partial charge is 0.468 e. The molecular weight excluding hydrogens is 369 g/mol. The molecule has 26 heavy (non-hydrogen) atoms. The number of carbonyl (C=O) groups is 1. The number of rotatable bonds is 3. The Labute approximate surface area is 154 Å².